The standard InChI is InChI=1S/C9H15NO2/c1-6-7-2-3-9(12)10(7)5-4-8(6)11/h6-8,11H,2-5H2,1H3/t6-,7-,8?/m0/s1. The summed E-state index contributed by atoms with van der Waals surface area (Å²) in [5.41, 5.74) is 0. The minimum Gasteiger partial charge on any atom is -0.393 e. The number of fused-ring (bicyclic) bond motifs is 1. The van der Waals surface area contributed by atoms with Gasteiger partial charge in [0.25, 0.3) is 0 Å². The van der Waals surface area contributed by atoms with Crippen LogP contribution in [0.1, 0.15) is 26.2 Å². The molecule has 0 saturated carbocycles. The van der Waals surface area contributed by atoms with Crippen molar-refractivity contribution in [2.24, 2.45) is 5.92 Å². The fourth-order valence-corrected chi connectivity index (χ4v) is 2.38. The second-order valence-electron chi connectivity index (χ2n) is 3.91. The van der Waals surface area contributed by atoms with E-state index in [1.165, 1.54) is 0 Å². The molecule has 2 aliphatic heterocycles. The molecule has 3 nitrogen and oxygen atoms in total. The zero-order chi connectivity index (χ0) is 8.72. The molecule has 2 aliphatic rings. The van der Waals surface area contributed by atoms with E-state index in [4.69, 9.17) is 0 Å². The lowest BCUT2D eigenvalue weighted by atomic mass is 9.88. The van der Waals surface area contributed by atoms with Crippen LogP contribution >= 0.6 is 0 Å². The fourth-order valence-electron chi connectivity index (χ4n) is 2.38. The van der Waals surface area contributed by atoms with Crippen molar-refractivity contribution in [3.05, 3.63) is 0 Å². The molecule has 1 unspecified atom stereocenters. The Labute approximate surface area is 72.4 Å². The molecule has 3 heteroatoms. The molecule has 2 saturated heterocycles. The van der Waals surface area contributed by atoms with Gasteiger partial charge in [0.1, 0.15) is 0 Å². The van der Waals surface area contributed by atoms with Gasteiger partial charge in [-0.05, 0) is 12.8 Å². The number of rotatable bonds is 0. The number of carbonyl (C=O) groups is 1. The lowest BCUT2D eigenvalue weighted by molar-refractivity contribution is -0.132. The van der Waals surface area contributed by atoms with Crippen LogP contribution in [0.2, 0.25) is 0 Å². The van der Waals surface area contributed by atoms with Crippen molar-refractivity contribution in [2.45, 2.75) is 38.3 Å². The maximum Gasteiger partial charge on any atom is 0.222 e. The van der Waals surface area contributed by atoms with E-state index in [2.05, 4.69) is 0 Å². The molecular formula is C9H15NO2. The summed E-state index contributed by atoms with van der Waals surface area (Å²) in [5.74, 6) is 0.545. The number of hydrogen-bond donors (Lipinski definition) is 1. The minimum atomic E-state index is -0.197. The average molecular weight is 169 g/mol. The van der Waals surface area contributed by atoms with Gasteiger partial charge in [0.2, 0.25) is 5.91 Å². The molecule has 2 heterocycles. The molecule has 68 valence electrons. The summed E-state index contributed by atoms with van der Waals surface area (Å²) in [6.07, 6.45) is 2.18. The van der Waals surface area contributed by atoms with Gasteiger partial charge < -0.3 is 10.0 Å². The van der Waals surface area contributed by atoms with Crippen molar-refractivity contribution >= 4 is 5.91 Å². The number of hydrogen-bond acceptors (Lipinski definition) is 2. The van der Waals surface area contributed by atoms with Crippen LogP contribution in [0.5, 0.6) is 0 Å². The number of piperidine rings is 1. The first-order chi connectivity index (χ1) is 5.70. The molecule has 3 atom stereocenters. The fraction of sp³-hybridized carbons (Fsp3) is 0.889. The minimum absolute atomic E-state index is 0.197. The van der Waals surface area contributed by atoms with Crippen molar-refractivity contribution in [2.75, 3.05) is 6.54 Å². The zero-order valence-corrected chi connectivity index (χ0v) is 7.36. The Hall–Kier alpha value is -0.570. The summed E-state index contributed by atoms with van der Waals surface area (Å²) in [7, 11) is 0. The van der Waals surface area contributed by atoms with Gasteiger partial charge in [-0.25, -0.2) is 0 Å². The highest BCUT2D eigenvalue weighted by atomic mass is 16.3. The number of aliphatic hydroxyl groups excluding tert-OH is 1. The highest BCUT2D eigenvalue weighted by Gasteiger charge is 2.40. The summed E-state index contributed by atoms with van der Waals surface area (Å²) in [4.78, 5) is 13.2. The monoisotopic (exact) mass is 169 g/mol. The lowest BCUT2D eigenvalue weighted by Gasteiger charge is -2.38. The second kappa shape index (κ2) is 2.73. The summed E-state index contributed by atoms with van der Waals surface area (Å²) in [6, 6.07) is 0.321. The van der Waals surface area contributed by atoms with Crippen LogP contribution in [-0.2, 0) is 4.79 Å². The largest absolute Gasteiger partial charge is 0.393 e. The summed E-state index contributed by atoms with van der Waals surface area (Å²) >= 11 is 0. The second-order valence-corrected chi connectivity index (χ2v) is 3.91. The third-order valence-corrected chi connectivity index (χ3v) is 3.25. The van der Waals surface area contributed by atoms with Gasteiger partial charge in [0.05, 0.1) is 6.10 Å². The first-order valence-electron chi connectivity index (χ1n) is 4.67. The predicted molar refractivity (Wildman–Crippen MR) is 44.5 cm³/mol. The number of nitrogens with zero attached hydrogens (tertiary/aromatic N) is 1. The third kappa shape index (κ3) is 1.04. The molecule has 0 aromatic carbocycles. The van der Waals surface area contributed by atoms with Crippen molar-refractivity contribution in [1.82, 2.24) is 4.90 Å². The van der Waals surface area contributed by atoms with E-state index >= 15 is 0 Å². The maximum absolute atomic E-state index is 11.3. The normalized spacial score (nSPS) is 41.7. The van der Waals surface area contributed by atoms with E-state index in [1.807, 2.05) is 11.8 Å². The Morgan fingerprint density at radius 3 is 3.00 bits per heavy atom. The van der Waals surface area contributed by atoms with Crippen molar-refractivity contribution in [3.8, 4) is 0 Å². The van der Waals surface area contributed by atoms with E-state index in [-0.39, 0.29) is 17.9 Å². The molecule has 2 fully saturated rings. The molecule has 0 radical (unpaired) electrons. The van der Waals surface area contributed by atoms with E-state index < -0.39 is 0 Å². The summed E-state index contributed by atoms with van der Waals surface area (Å²) < 4.78 is 0. The first-order valence-corrected chi connectivity index (χ1v) is 4.67. The molecule has 0 aliphatic carbocycles. The van der Waals surface area contributed by atoms with Gasteiger partial charge in [-0.2, -0.15) is 0 Å². The molecule has 0 spiro atoms. The van der Waals surface area contributed by atoms with Gasteiger partial charge in [0.15, 0.2) is 0 Å². The van der Waals surface area contributed by atoms with E-state index in [0.29, 0.717) is 12.5 Å². The highest BCUT2D eigenvalue weighted by molar-refractivity contribution is 5.78. The van der Waals surface area contributed by atoms with Crippen LogP contribution in [0.15, 0.2) is 0 Å². The van der Waals surface area contributed by atoms with Crippen LogP contribution in [-0.4, -0.2) is 34.6 Å². The van der Waals surface area contributed by atoms with Crippen LogP contribution in [0.3, 0.4) is 0 Å². The molecule has 1 amide bonds. The summed E-state index contributed by atoms with van der Waals surface area (Å²) in [6.45, 7) is 2.80. The SMILES string of the molecule is C[C@@H]1C(O)CCN2C(=O)CC[C@@H]12. The quantitative estimate of drug-likeness (QED) is 0.569. The molecular weight excluding hydrogens is 154 g/mol. The molecule has 2 rings (SSSR count). The van der Waals surface area contributed by atoms with Crippen LogP contribution < -0.4 is 0 Å². The molecule has 0 bridgehead atoms. The van der Waals surface area contributed by atoms with Crippen LogP contribution in [0.25, 0.3) is 0 Å². The topological polar surface area (TPSA) is 40.5 Å². The van der Waals surface area contributed by atoms with Gasteiger partial charge in [-0.3, -0.25) is 4.79 Å². The molecule has 12 heavy (non-hydrogen) atoms. The number of aliphatic hydroxyl groups is 1. The third-order valence-electron chi connectivity index (χ3n) is 3.25. The Balaban J connectivity index is 2.14. The van der Waals surface area contributed by atoms with Gasteiger partial charge in [0, 0.05) is 24.9 Å². The lowest BCUT2D eigenvalue weighted by Crippen LogP contribution is -2.48. The Morgan fingerprint density at radius 2 is 2.25 bits per heavy atom. The maximum atomic E-state index is 11.3. The van der Waals surface area contributed by atoms with Crippen molar-refractivity contribution < 1.29 is 9.90 Å². The first kappa shape index (κ1) is 8.05. The van der Waals surface area contributed by atoms with Gasteiger partial charge in [-0.1, -0.05) is 6.92 Å². The van der Waals surface area contributed by atoms with Crippen LogP contribution in [0, 0.1) is 5.92 Å². The zero-order valence-electron chi connectivity index (χ0n) is 7.36. The number of amides is 1. The Bertz CT molecular complexity index is 205. The Kier molecular flexibility index (Phi) is 1.83. The smallest absolute Gasteiger partial charge is 0.222 e. The van der Waals surface area contributed by atoms with E-state index in [0.717, 1.165) is 19.4 Å². The van der Waals surface area contributed by atoms with Gasteiger partial charge in [-0.15, -0.1) is 0 Å². The van der Waals surface area contributed by atoms with Crippen LogP contribution in [0.4, 0.5) is 0 Å². The van der Waals surface area contributed by atoms with Gasteiger partial charge >= 0.3 is 0 Å². The van der Waals surface area contributed by atoms with Crippen molar-refractivity contribution in [1.29, 1.82) is 0 Å². The molecule has 1 N–H and O–H groups in total. The highest BCUT2D eigenvalue weighted by Crippen LogP contribution is 2.32. The summed E-state index contributed by atoms with van der Waals surface area (Å²) in [5, 5.41) is 9.57. The van der Waals surface area contributed by atoms with Crippen molar-refractivity contribution in [3.63, 3.8) is 0 Å². The van der Waals surface area contributed by atoms with E-state index in [9.17, 15) is 9.90 Å². The Morgan fingerprint density at radius 1 is 1.50 bits per heavy atom. The van der Waals surface area contributed by atoms with E-state index in [1.54, 1.807) is 0 Å². The molecule has 0 aromatic rings. The average Bonchev–Trinajstić information content (AvgIpc) is 2.41. The number of carbonyl (C=O) groups excluding carboxylic acids is 1. The predicted octanol–water partition coefficient (Wildman–Crippen LogP) is 0.378. The molecule has 0 aromatic heterocycles.